The number of carbonyl (C=O) groups is 1. The Bertz CT molecular complexity index is 1080. The molecule has 3 rings (SSSR count). The maximum absolute atomic E-state index is 11.1. The van der Waals surface area contributed by atoms with Crippen LogP contribution in [0.2, 0.25) is 0 Å². The molecular weight excluding hydrogens is 438 g/mol. The van der Waals surface area contributed by atoms with Crippen LogP contribution in [0, 0.1) is 11.3 Å². The highest BCUT2D eigenvalue weighted by Gasteiger charge is 2.12. The summed E-state index contributed by atoms with van der Waals surface area (Å²) in [6.07, 6.45) is 0.132. The fraction of sp³-hybridized carbons (Fsp3) is 0.160. The minimum absolute atomic E-state index is 0.484. The van der Waals surface area contributed by atoms with E-state index in [1.165, 1.54) is 11.8 Å². The Balaban J connectivity index is 0.000000238. The van der Waals surface area contributed by atoms with Crippen LogP contribution >= 0.6 is 11.8 Å². The second-order valence-electron chi connectivity index (χ2n) is 6.37. The zero-order valence-electron chi connectivity index (χ0n) is 18.4. The van der Waals surface area contributed by atoms with Gasteiger partial charge in [0.25, 0.3) is 0 Å². The topological polar surface area (TPSA) is 107 Å². The Kier molecular flexibility index (Phi) is 10.5. The third-order valence-electron chi connectivity index (χ3n) is 4.37. The van der Waals surface area contributed by atoms with Crippen molar-refractivity contribution in [2.24, 2.45) is 10.7 Å². The molecule has 170 valence electrons. The Labute approximate surface area is 197 Å². The maximum Gasteiger partial charge on any atom is 0.179 e. The van der Waals surface area contributed by atoms with E-state index in [2.05, 4.69) is 11.7 Å². The summed E-state index contributed by atoms with van der Waals surface area (Å²) in [6.45, 7) is 3.50. The van der Waals surface area contributed by atoms with Gasteiger partial charge in [0.15, 0.2) is 23.9 Å². The summed E-state index contributed by atoms with van der Waals surface area (Å²) < 4.78 is 15.9. The van der Waals surface area contributed by atoms with E-state index in [1.807, 2.05) is 42.5 Å². The van der Waals surface area contributed by atoms with Crippen LogP contribution in [0.4, 0.5) is 5.69 Å². The van der Waals surface area contributed by atoms with E-state index >= 15 is 0 Å². The number of nitrogens with zero attached hydrogens (tertiary/aromatic N) is 2. The van der Waals surface area contributed by atoms with Crippen molar-refractivity contribution >= 4 is 30.5 Å². The van der Waals surface area contributed by atoms with E-state index in [-0.39, 0.29) is 0 Å². The number of benzene rings is 3. The highest BCUT2D eigenvalue weighted by Crippen LogP contribution is 2.39. The molecule has 0 bridgehead atoms. The van der Waals surface area contributed by atoms with Gasteiger partial charge in [0.1, 0.15) is 5.75 Å². The van der Waals surface area contributed by atoms with Gasteiger partial charge in [0.05, 0.1) is 31.5 Å². The van der Waals surface area contributed by atoms with Crippen LogP contribution in [-0.4, -0.2) is 33.1 Å². The first-order chi connectivity index (χ1) is 16.1. The molecule has 0 fully saturated rings. The lowest BCUT2D eigenvalue weighted by Crippen LogP contribution is -2.08. The van der Waals surface area contributed by atoms with Gasteiger partial charge in [-0.2, -0.15) is 5.26 Å². The molecule has 0 aliphatic rings. The Hall–Kier alpha value is -3.80. The predicted molar refractivity (Wildman–Crippen MR) is 131 cm³/mol. The quantitative estimate of drug-likeness (QED) is 0.208. The van der Waals surface area contributed by atoms with Gasteiger partial charge >= 0.3 is 0 Å². The second-order valence-corrected chi connectivity index (χ2v) is 7.43. The number of hydrogen-bond donors (Lipinski definition) is 1. The van der Waals surface area contributed by atoms with Gasteiger partial charge in [-0.05, 0) is 42.6 Å². The number of rotatable bonds is 9. The second kappa shape index (κ2) is 13.6. The van der Waals surface area contributed by atoms with E-state index in [4.69, 9.17) is 25.2 Å². The molecule has 7 nitrogen and oxygen atoms in total. The molecule has 0 spiro atoms. The molecule has 0 radical (unpaired) electrons. The molecule has 0 heterocycles. The Morgan fingerprint density at radius 3 is 2.24 bits per heavy atom. The zero-order chi connectivity index (χ0) is 24.1. The normalized spacial score (nSPS) is 10.6. The first kappa shape index (κ1) is 25.5. The Morgan fingerprint density at radius 1 is 1.09 bits per heavy atom. The smallest absolute Gasteiger partial charge is 0.179 e. The fourth-order valence-corrected chi connectivity index (χ4v) is 3.39. The van der Waals surface area contributed by atoms with Gasteiger partial charge in [-0.3, -0.25) is 9.79 Å². The molecular formula is C25H25N3O4S. The number of nitriles is 1. The van der Waals surface area contributed by atoms with Crippen molar-refractivity contribution in [1.29, 1.82) is 5.26 Å². The molecule has 33 heavy (non-hydrogen) atoms. The third kappa shape index (κ3) is 7.38. The number of aldehydes is 1. The lowest BCUT2D eigenvalue weighted by atomic mass is 10.1. The maximum atomic E-state index is 11.1. The molecule has 0 amide bonds. The van der Waals surface area contributed by atoms with Gasteiger partial charge in [-0.15, -0.1) is 11.8 Å². The van der Waals surface area contributed by atoms with Crippen LogP contribution in [0.3, 0.4) is 0 Å². The lowest BCUT2D eigenvalue weighted by molar-refractivity contribution is -0.113. The standard InChI is InChI=1S/C15H11NO2.C10H14N2O2S/c16-10-12-6-8-14(9-7-12)18-15(11-17)13-4-2-1-3-5-13;1-12-7-4-8(13-2)9(14-3)5-10(7)15-6-11/h1-9,11,15H;4-5H,1,6,11H2,2-3H3. The molecule has 1 atom stereocenters. The molecule has 0 aliphatic heterocycles. The van der Waals surface area contributed by atoms with Crippen molar-refractivity contribution in [2.45, 2.75) is 11.0 Å². The average Bonchev–Trinajstić information content (AvgIpc) is 2.88. The van der Waals surface area contributed by atoms with E-state index in [0.29, 0.717) is 28.7 Å². The number of carbonyl (C=O) groups excluding carboxylic acids is 1. The van der Waals surface area contributed by atoms with Crippen LogP contribution < -0.4 is 19.9 Å². The summed E-state index contributed by atoms with van der Waals surface area (Å²) in [5, 5.41) is 8.69. The van der Waals surface area contributed by atoms with Crippen molar-refractivity contribution in [3.63, 3.8) is 0 Å². The van der Waals surface area contributed by atoms with Crippen molar-refractivity contribution < 1.29 is 19.0 Å². The molecule has 8 heteroatoms. The number of hydrogen-bond acceptors (Lipinski definition) is 8. The summed E-state index contributed by atoms with van der Waals surface area (Å²) in [6, 6.07) is 21.6. The lowest BCUT2D eigenvalue weighted by Gasteiger charge is -2.13. The molecule has 0 aromatic heterocycles. The monoisotopic (exact) mass is 463 g/mol. The first-order valence-corrected chi connectivity index (χ1v) is 10.8. The average molecular weight is 464 g/mol. The summed E-state index contributed by atoms with van der Waals surface area (Å²) in [5.74, 6) is 2.36. The summed E-state index contributed by atoms with van der Waals surface area (Å²) in [5.41, 5.74) is 7.59. The molecule has 0 aliphatic carbocycles. The number of thioether (sulfide) groups is 1. The number of nitrogens with two attached hydrogens (primary N) is 1. The molecule has 1 unspecified atom stereocenters. The fourth-order valence-electron chi connectivity index (χ4n) is 2.75. The first-order valence-electron chi connectivity index (χ1n) is 9.82. The van der Waals surface area contributed by atoms with Crippen molar-refractivity contribution in [3.05, 3.63) is 77.9 Å². The third-order valence-corrected chi connectivity index (χ3v) is 5.18. The van der Waals surface area contributed by atoms with Crippen LogP contribution in [-0.2, 0) is 4.79 Å². The van der Waals surface area contributed by atoms with Gasteiger partial charge in [-0.25, -0.2) is 0 Å². The van der Waals surface area contributed by atoms with Gasteiger partial charge < -0.3 is 19.9 Å². The Morgan fingerprint density at radius 2 is 1.73 bits per heavy atom. The van der Waals surface area contributed by atoms with Crippen molar-refractivity contribution in [3.8, 4) is 23.3 Å². The number of ether oxygens (including phenoxy) is 3. The molecule has 3 aromatic carbocycles. The van der Waals surface area contributed by atoms with Gasteiger partial charge in [0.2, 0.25) is 0 Å². The van der Waals surface area contributed by atoms with E-state index < -0.39 is 6.10 Å². The van der Waals surface area contributed by atoms with Crippen LogP contribution in [0.25, 0.3) is 0 Å². The summed E-state index contributed by atoms with van der Waals surface area (Å²) >= 11 is 1.48. The van der Waals surface area contributed by atoms with E-state index in [1.54, 1.807) is 44.6 Å². The minimum atomic E-state index is -0.626. The van der Waals surface area contributed by atoms with Gasteiger partial charge in [-0.1, -0.05) is 30.3 Å². The highest BCUT2D eigenvalue weighted by atomic mass is 32.2. The van der Waals surface area contributed by atoms with E-state index in [9.17, 15) is 4.79 Å². The number of methoxy groups -OCH3 is 2. The minimum Gasteiger partial charge on any atom is -0.493 e. The highest BCUT2D eigenvalue weighted by molar-refractivity contribution is 7.99. The van der Waals surface area contributed by atoms with Crippen molar-refractivity contribution in [1.82, 2.24) is 0 Å². The largest absolute Gasteiger partial charge is 0.493 e. The predicted octanol–water partition coefficient (Wildman–Crippen LogP) is 4.92. The zero-order valence-corrected chi connectivity index (χ0v) is 19.2. The molecule has 0 saturated carbocycles. The van der Waals surface area contributed by atoms with E-state index in [0.717, 1.165) is 22.4 Å². The molecule has 2 N–H and O–H groups in total. The SMILES string of the molecule is C=Nc1cc(OC)c(OC)cc1SCN.N#Cc1ccc(OC(C=O)c2ccccc2)cc1. The summed E-state index contributed by atoms with van der Waals surface area (Å²) in [7, 11) is 3.18. The van der Waals surface area contributed by atoms with Gasteiger partial charge in [0, 0.05) is 16.8 Å². The molecule has 0 saturated heterocycles. The number of aliphatic imine (C=N–C) groups is 1. The summed E-state index contributed by atoms with van der Waals surface area (Å²) in [4.78, 5) is 15.9. The van der Waals surface area contributed by atoms with Crippen LogP contribution in [0.15, 0.2) is 76.6 Å². The molecule has 3 aromatic rings. The van der Waals surface area contributed by atoms with Crippen molar-refractivity contribution in [2.75, 3.05) is 20.1 Å². The van der Waals surface area contributed by atoms with Crippen LogP contribution in [0.5, 0.6) is 17.2 Å². The van der Waals surface area contributed by atoms with Crippen LogP contribution in [0.1, 0.15) is 17.2 Å².